The Morgan fingerprint density at radius 3 is 2.33 bits per heavy atom. The summed E-state index contributed by atoms with van der Waals surface area (Å²) in [7, 11) is 0. The van der Waals surface area contributed by atoms with Crippen LogP contribution < -0.4 is 0 Å². The maximum Gasteiger partial charge on any atom is 0.309 e. The van der Waals surface area contributed by atoms with Gasteiger partial charge < -0.3 is 4.74 Å². The van der Waals surface area contributed by atoms with Crippen LogP contribution in [0.1, 0.15) is 58.8 Å². The molecule has 0 aliphatic heterocycles. The first-order chi connectivity index (χ1) is 8.56. The van der Waals surface area contributed by atoms with Gasteiger partial charge >= 0.3 is 5.97 Å². The highest BCUT2D eigenvalue weighted by atomic mass is 19.1. The molecule has 0 N–H and O–H groups in total. The Morgan fingerprint density at radius 1 is 1.06 bits per heavy atom. The molecule has 0 saturated heterocycles. The largest absolute Gasteiger partial charge is 0.462 e. The number of carbonyl (C=O) groups is 1. The van der Waals surface area contributed by atoms with E-state index in [0.717, 1.165) is 44.4 Å². The van der Waals surface area contributed by atoms with Gasteiger partial charge in [-0.15, -0.1) is 0 Å². The van der Waals surface area contributed by atoms with E-state index in [9.17, 15) is 9.18 Å². The molecule has 2 fully saturated rings. The molecular formula is C15H25FO2. The molecule has 2 aliphatic carbocycles. The van der Waals surface area contributed by atoms with Gasteiger partial charge in [0.2, 0.25) is 0 Å². The third-order valence-electron chi connectivity index (χ3n) is 4.68. The lowest BCUT2D eigenvalue weighted by atomic mass is 9.83. The van der Waals surface area contributed by atoms with E-state index >= 15 is 0 Å². The van der Waals surface area contributed by atoms with E-state index in [2.05, 4.69) is 6.92 Å². The zero-order valence-corrected chi connectivity index (χ0v) is 11.5. The van der Waals surface area contributed by atoms with Gasteiger partial charge in [0, 0.05) is 6.42 Å². The molecule has 0 spiro atoms. The lowest BCUT2D eigenvalue weighted by Gasteiger charge is -2.31. The van der Waals surface area contributed by atoms with Gasteiger partial charge in [-0.05, 0) is 50.4 Å². The van der Waals surface area contributed by atoms with E-state index in [1.807, 2.05) is 6.92 Å². The molecule has 0 aromatic heterocycles. The summed E-state index contributed by atoms with van der Waals surface area (Å²) in [5, 5.41) is 0. The molecule has 18 heavy (non-hydrogen) atoms. The molecular weight excluding hydrogens is 231 g/mol. The molecule has 0 heterocycles. The maximum absolute atomic E-state index is 13.6. The van der Waals surface area contributed by atoms with E-state index in [1.165, 1.54) is 0 Å². The summed E-state index contributed by atoms with van der Waals surface area (Å²) in [6.07, 6.45) is 5.21. The second kappa shape index (κ2) is 6.03. The van der Waals surface area contributed by atoms with Crippen LogP contribution in [0.5, 0.6) is 0 Å². The predicted molar refractivity (Wildman–Crippen MR) is 68.9 cm³/mol. The SMILES string of the molecule is CC1CCC(C(=O)OC2CCC(C)C(F)C2)CC1. The Kier molecular flexibility index (Phi) is 4.63. The van der Waals surface area contributed by atoms with Crippen molar-refractivity contribution in [3.05, 3.63) is 0 Å². The van der Waals surface area contributed by atoms with Crippen LogP contribution in [0.2, 0.25) is 0 Å². The van der Waals surface area contributed by atoms with Crippen molar-refractivity contribution in [2.24, 2.45) is 17.8 Å². The van der Waals surface area contributed by atoms with Gasteiger partial charge in [0.15, 0.2) is 0 Å². The van der Waals surface area contributed by atoms with Crippen molar-refractivity contribution in [2.45, 2.75) is 71.1 Å². The summed E-state index contributed by atoms with van der Waals surface area (Å²) in [4.78, 5) is 12.0. The highest BCUT2D eigenvalue weighted by Crippen LogP contribution is 2.32. The topological polar surface area (TPSA) is 26.3 Å². The Balaban J connectivity index is 1.77. The summed E-state index contributed by atoms with van der Waals surface area (Å²) >= 11 is 0. The summed E-state index contributed by atoms with van der Waals surface area (Å²) in [6.45, 7) is 4.17. The minimum absolute atomic E-state index is 0.0682. The fourth-order valence-electron chi connectivity index (χ4n) is 3.09. The molecule has 0 aromatic rings. The number of hydrogen-bond acceptors (Lipinski definition) is 2. The summed E-state index contributed by atoms with van der Waals surface area (Å²) in [5.41, 5.74) is 0. The van der Waals surface area contributed by atoms with Crippen LogP contribution in [-0.4, -0.2) is 18.2 Å². The molecule has 2 nitrogen and oxygen atoms in total. The number of ether oxygens (including phenoxy) is 1. The average molecular weight is 256 g/mol. The van der Waals surface area contributed by atoms with Gasteiger partial charge in [-0.25, -0.2) is 4.39 Å². The summed E-state index contributed by atoms with van der Waals surface area (Å²) < 4.78 is 19.1. The molecule has 2 saturated carbocycles. The van der Waals surface area contributed by atoms with Crippen LogP contribution >= 0.6 is 0 Å². The lowest BCUT2D eigenvalue weighted by Crippen LogP contribution is -2.33. The monoisotopic (exact) mass is 256 g/mol. The first-order valence-corrected chi connectivity index (χ1v) is 7.40. The van der Waals surface area contributed by atoms with Crippen molar-refractivity contribution >= 4 is 5.97 Å². The minimum Gasteiger partial charge on any atom is -0.462 e. The van der Waals surface area contributed by atoms with Gasteiger partial charge in [0.1, 0.15) is 12.3 Å². The fourth-order valence-corrected chi connectivity index (χ4v) is 3.09. The first kappa shape index (κ1) is 13.8. The Hall–Kier alpha value is -0.600. The standard InChI is InChI=1S/C15H25FO2/c1-10-3-6-12(7-4-10)15(17)18-13-8-5-11(2)14(16)9-13/h10-14H,3-9H2,1-2H3. The highest BCUT2D eigenvalue weighted by molar-refractivity contribution is 5.72. The van der Waals surface area contributed by atoms with E-state index in [1.54, 1.807) is 0 Å². The van der Waals surface area contributed by atoms with Gasteiger partial charge in [-0.1, -0.05) is 13.8 Å². The normalized spacial score (nSPS) is 41.4. The van der Waals surface area contributed by atoms with Crippen molar-refractivity contribution in [1.29, 1.82) is 0 Å². The van der Waals surface area contributed by atoms with Crippen molar-refractivity contribution in [3.8, 4) is 0 Å². The molecule has 3 unspecified atom stereocenters. The van der Waals surface area contributed by atoms with Crippen LogP contribution in [0.4, 0.5) is 4.39 Å². The van der Waals surface area contributed by atoms with Crippen LogP contribution in [0.15, 0.2) is 0 Å². The maximum atomic E-state index is 13.6. The molecule has 0 aromatic carbocycles. The second-order valence-electron chi connectivity index (χ2n) is 6.32. The van der Waals surface area contributed by atoms with Crippen molar-refractivity contribution in [2.75, 3.05) is 0 Å². The smallest absolute Gasteiger partial charge is 0.309 e. The number of halogens is 1. The van der Waals surface area contributed by atoms with E-state index in [-0.39, 0.29) is 23.9 Å². The van der Waals surface area contributed by atoms with E-state index in [0.29, 0.717) is 6.42 Å². The number of alkyl halides is 1. The van der Waals surface area contributed by atoms with Gasteiger partial charge in [0.05, 0.1) is 5.92 Å². The van der Waals surface area contributed by atoms with Crippen LogP contribution in [0.25, 0.3) is 0 Å². The molecule has 0 radical (unpaired) electrons. The quantitative estimate of drug-likeness (QED) is 0.701. The average Bonchev–Trinajstić information content (AvgIpc) is 2.34. The lowest BCUT2D eigenvalue weighted by molar-refractivity contribution is -0.158. The van der Waals surface area contributed by atoms with Gasteiger partial charge in [0.25, 0.3) is 0 Å². The molecule has 3 atom stereocenters. The molecule has 0 bridgehead atoms. The Morgan fingerprint density at radius 2 is 1.72 bits per heavy atom. The minimum atomic E-state index is -0.803. The Bertz CT molecular complexity index is 284. The van der Waals surface area contributed by atoms with Gasteiger partial charge in [-0.3, -0.25) is 4.79 Å². The second-order valence-corrected chi connectivity index (χ2v) is 6.32. The zero-order chi connectivity index (χ0) is 13.1. The highest BCUT2D eigenvalue weighted by Gasteiger charge is 2.32. The van der Waals surface area contributed by atoms with E-state index in [4.69, 9.17) is 4.74 Å². The Labute approximate surface area is 109 Å². The zero-order valence-electron chi connectivity index (χ0n) is 11.5. The fraction of sp³-hybridized carbons (Fsp3) is 0.933. The molecule has 3 heteroatoms. The first-order valence-electron chi connectivity index (χ1n) is 7.40. The third kappa shape index (κ3) is 3.46. The summed E-state index contributed by atoms with van der Waals surface area (Å²) in [6, 6.07) is 0. The number of hydrogen-bond donors (Lipinski definition) is 0. The molecule has 104 valence electrons. The van der Waals surface area contributed by atoms with Crippen molar-refractivity contribution in [3.63, 3.8) is 0 Å². The van der Waals surface area contributed by atoms with E-state index < -0.39 is 6.17 Å². The number of carbonyl (C=O) groups excluding carboxylic acids is 1. The van der Waals surface area contributed by atoms with Crippen molar-refractivity contribution < 1.29 is 13.9 Å². The third-order valence-corrected chi connectivity index (χ3v) is 4.68. The predicted octanol–water partition coefficient (Wildman–Crippen LogP) is 3.88. The number of rotatable bonds is 2. The van der Waals surface area contributed by atoms with Crippen LogP contribution in [0, 0.1) is 17.8 Å². The molecule has 2 rings (SSSR count). The van der Waals surface area contributed by atoms with Crippen LogP contribution in [-0.2, 0) is 9.53 Å². The van der Waals surface area contributed by atoms with Gasteiger partial charge in [-0.2, -0.15) is 0 Å². The number of esters is 1. The molecule has 0 amide bonds. The van der Waals surface area contributed by atoms with Crippen molar-refractivity contribution in [1.82, 2.24) is 0 Å². The summed E-state index contributed by atoms with van der Waals surface area (Å²) in [5.74, 6) is 0.850. The molecule has 2 aliphatic rings. The van der Waals surface area contributed by atoms with Crippen LogP contribution in [0.3, 0.4) is 0 Å².